The topological polar surface area (TPSA) is 59.3 Å². The lowest BCUT2D eigenvalue weighted by Gasteiger charge is -2.20. The Kier molecular flexibility index (Phi) is 5.65. The molecule has 0 bridgehead atoms. The van der Waals surface area contributed by atoms with Gasteiger partial charge in [-0.2, -0.15) is 27.1 Å². The lowest BCUT2D eigenvalue weighted by molar-refractivity contribution is -0.289. The number of aliphatic hydroxyl groups is 1. The number of aromatic nitrogens is 2. The SMILES string of the molecule is Cn1nc(NCCO)c2ccc(-c3ccccc3OCC(F)(F)C(F)(F)F)cc21. The average molecular weight is 415 g/mol. The summed E-state index contributed by atoms with van der Waals surface area (Å²) in [5.74, 6) is -4.48. The molecule has 1 heterocycles. The van der Waals surface area contributed by atoms with Crippen LogP contribution in [-0.2, 0) is 7.05 Å². The zero-order valence-corrected chi connectivity index (χ0v) is 15.3. The zero-order valence-electron chi connectivity index (χ0n) is 15.3. The summed E-state index contributed by atoms with van der Waals surface area (Å²) in [7, 11) is 1.71. The predicted molar refractivity (Wildman–Crippen MR) is 98.2 cm³/mol. The van der Waals surface area contributed by atoms with Gasteiger partial charge in [0.25, 0.3) is 0 Å². The summed E-state index contributed by atoms with van der Waals surface area (Å²) in [6.45, 7) is -1.56. The number of rotatable bonds is 7. The minimum Gasteiger partial charge on any atom is -0.486 e. The van der Waals surface area contributed by atoms with Crippen molar-refractivity contribution in [1.29, 1.82) is 0 Å². The van der Waals surface area contributed by atoms with E-state index >= 15 is 0 Å². The lowest BCUT2D eigenvalue weighted by Crippen LogP contribution is -2.41. The summed E-state index contributed by atoms with van der Waals surface area (Å²) < 4.78 is 70.1. The van der Waals surface area contributed by atoms with Crippen LogP contribution in [0.1, 0.15) is 0 Å². The van der Waals surface area contributed by atoms with E-state index in [1.54, 1.807) is 42.1 Å². The number of hydrogen-bond donors (Lipinski definition) is 2. The Morgan fingerprint density at radius 2 is 1.83 bits per heavy atom. The zero-order chi connectivity index (χ0) is 21.2. The van der Waals surface area contributed by atoms with Gasteiger partial charge in [0.15, 0.2) is 12.4 Å². The van der Waals surface area contributed by atoms with Gasteiger partial charge in [-0.1, -0.05) is 24.3 Å². The number of anilines is 1. The van der Waals surface area contributed by atoms with Crippen molar-refractivity contribution in [3.63, 3.8) is 0 Å². The van der Waals surface area contributed by atoms with Crippen molar-refractivity contribution in [1.82, 2.24) is 9.78 Å². The molecule has 0 atom stereocenters. The molecule has 0 aliphatic rings. The third kappa shape index (κ3) is 4.26. The van der Waals surface area contributed by atoms with Gasteiger partial charge < -0.3 is 15.2 Å². The summed E-state index contributed by atoms with van der Waals surface area (Å²) in [6.07, 6.45) is -5.69. The number of ether oxygens (including phenoxy) is 1. The van der Waals surface area contributed by atoms with Crippen molar-refractivity contribution in [2.45, 2.75) is 12.1 Å². The smallest absolute Gasteiger partial charge is 0.456 e. The van der Waals surface area contributed by atoms with Crippen molar-refractivity contribution >= 4 is 16.7 Å². The molecular formula is C19H18F5N3O2. The van der Waals surface area contributed by atoms with Crippen molar-refractivity contribution in [2.75, 3.05) is 25.1 Å². The number of halogens is 5. The van der Waals surface area contributed by atoms with Crippen LogP contribution in [0.15, 0.2) is 42.5 Å². The highest BCUT2D eigenvalue weighted by atomic mass is 19.4. The summed E-state index contributed by atoms with van der Waals surface area (Å²) in [5, 5.41) is 17.0. The molecule has 10 heteroatoms. The second-order valence-corrected chi connectivity index (χ2v) is 6.34. The van der Waals surface area contributed by atoms with Crippen LogP contribution in [0.25, 0.3) is 22.0 Å². The van der Waals surface area contributed by atoms with Crippen LogP contribution in [0.4, 0.5) is 27.8 Å². The second-order valence-electron chi connectivity index (χ2n) is 6.34. The first-order chi connectivity index (χ1) is 13.6. The van der Waals surface area contributed by atoms with Gasteiger partial charge in [-0.15, -0.1) is 0 Å². The number of aryl methyl sites for hydroxylation is 1. The molecule has 0 spiro atoms. The van der Waals surface area contributed by atoms with Gasteiger partial charge in [-0.3, -0.25) is 4.68 Å². The van der Waals surface area contributed by atoms with Gasteiger partial charge in [0, 0.05) is 24.5 Å². The van der Waals surface area contributed by atoms with Crippen LogP contribution in [0.2, 0.25) is 0 Å². The van der Waals surface area contributed by atoms with E-state index in [-0.39, 0.29) is 12.4 Å². The minimum absolute atomic E-state index is 0.0660. The third-order valence-electron chi connectivity index (χ3n) is 4.28. The molecule has 0 aliphatic carbocycles. The molecule has 0 unspecified atom stereocenters. The van der Waals surface area contributed by atoms with Gasteiger partial charge in [0.05, 0.1) is 12.1 Å². The largest absolute Gasteiger partial charge is 0.486 e. The Hall–Kier alpha value is -2.88. The van der Waals surface area contributed by atoms with E-state index < -0.39 is 18.7 Å². The Labute approximate surface area is 162 Å². The molecule has 0 aliphatic heterocycles. The molecular weight excluding hydrogens is 397 g/mol. The quantitative estimate of drug-likeness (QED) is 0.568. The molecule has 0 fully saturated rings. The van der Waals surface area contributed by atoms with E-state index in [9.17, 15) is 22.0 Å². The van der Waals surface area contributed by atoms with E-state index in [4.69, 9.17) is 9.84 Å². The Bertz CT molecular complexity index is 1000. The molecule has 1 aromatic heterocycles. The second kappa shape index (κ2) is 7.86. The van der Waals surface area contributed by atoms with Gasteiger partial charge in [-0.25, -0.2) is 0 Å². The highest BCUT2D eigenvalue weighted by Crippen LogP contribution is 2.38. The van der Waals surface area contributed by atoms with Crippen LogP contribution in [0.5, 0.6) is 5.75 Å². The van der Waals surface area contributed by atoms with E-state index in [2.05, 4.69) is 10.4 Å². The van der Waals surface area contributed by atoms with E-state index in [0.717, 1.165) is 5.39 Å². The van der Waals surface area contributed by atoms with Gasteiger partial charge in [0.1, 0.15) is 5.75 Å². The van der Waals surface area contributed by atoms with Crippen LogP contribution in [0.3, 0.4) is 0 Å². The molecule has 2 aromatic carbocycles. The highest BCUT2D eigenvalue weighted by molar-refractivity contribution is 5.93. The molecule has 0 saturated carbocycles. The molecule has 2 N–H and O–H groups in total. The van der Waals surface area contributed by atoms with Crippen molar-refractivity contribution in [3.8, 4) is 16.9 Å². The molecule has 3 aromatic rings. The first kappa shape index (κ1) is 20.8. The monoisotopic (exact) mass is 415 g/mol. The number of nitrogens with one attached hydrogen (secondary N) is 1. The number of nitrogens with zero attached hydrogens (tertiary/aromatic N) is 2. The number of benzene rings is 2. The highest BCUT2D eigenvalue weighted by Gasteiger charge is 2.58. The molecule has 3 rings (SSSR count). The van der Waals surface area contributed by atoms with Gasteiger partial charge in [-0.05, 0) is 23.8 Å². The van der Waals surface area contributed by atoms with Crippen LogP contribution in [0, 0.1) is 0 Å². The molecule has 5 nitrogen and oxygen atoms in total. The summed E-state index contributed by atoms with van der Waals surface area (Å²) in [5.41, 5.74) is 1.65. The first-order valence-electron chi connectivity index (χ1n) is 8.62. The fourth-order valence-corrected chi connectivity index (χ4v) is 2.81. The number of alkyl halides is 5. The van der Waals surface area contributed by atoms with Gasteiger partial charge in [0.2, 0.25) is 0 Å². The normalized spacial score (nSPS) is 12.4. The Morgan fingerprint density at radius 3 is 2.52 bits per heavy atom. The number of para-hydroxylation sites is 1. The van der Waals surface area contributed by atoms with E-state index in [1.807, 2.05) is 0 Å². The molecule has 29 heavy (non-hydrogen) atoms. The Balaban J connectivity index is 1.93. The third-order valence-corrected chi connectivity index (χ3v) is 4.28. The van der Waals surface area contributed by atoms with Crippen LogP contribution in [-0.4, -0.2) is 46.7 Å². The van der Waals surface area contributed by atoms with Crippen molar-refractivity contribution in [3.05, 3.63) is 42.5 Å². The summed E-state index contributed by atoms with van der Waals surface area (Å²) >= 11 is 0. The molecule has 0 saturated heterocycles. The summed E-state index contributed by atoms with van der Waals surface area (Å²) in [4.78, 5) is 0. The maximum absolute atomic E-state index is 13.2. The molecule has 0 radical (unpaired) electrons. The van der Waals surface area contributed by atoms with E-state index in [0.29, 0.717) is 29.0 Å². The van der Waals surface area contributed by atoms with Crippen LogP contribution < -0.4 is 10.1 Å². The maximum atomic E-state index is 13.2. The predicted octanol–water partition coefficient (Wildman–Crippen LogP) is 4.22. The van der Waals surface area contributed by atoms with Crippen LogP contribution >= 0.6 is 0 Å². The number of hydrogen-bond acceptors (Lipinski definition) is 4. The Morgan fingerprint density at radius 1 is 1.10 bits per heavy atom. The summed E-state index contributed by atoms with van der Waals surface area (Å²) in [6, 6.07) is 11.2. The van der Waals surface area contributed by atoms with Gasteiger partial charge >= 0.3 is 12.1 Å². The number of aliphatic hydroxyl groups excluding tert-OH is 1. The maximum Gasteiger partial charge on any atom is 0.456 e. The minimum atomic E-state index is -5.69. The first-order valence-corrected chi connectivity index (χ1v) is 8.62. The molecule has 0 amide bonds. The van der Waals surface area contributed by atoms with Crippen molar-refractivity contribution < 1.29 is 31.8 Å². The standard InChI is InChI=1S/C19H18F5N3O2/c1-27-15-10-12(6-7-14(15)17(26-27)25-8-9-28)13-4-2-3-5-16(13)29-11-18(20,21)19(22,23)24/h2-7,10,28H,8-9,11H2,1H3,(H,25,26). The molecule has 156 valence electrons. The van der Waals surface area contributed by atoms with E-state index in [1.165, 1.54) is 12.1 Å². The lowest BCUT2D eigenvalue weighted by atomic mass is 10.0. The van der Waals surface area contributed by atoms with Crippen molar-refractivity contribution in [2.24, 2.45) is 7.05 Å². The fraction of sp³-hybridized carbons (Fsp3) is 0.316. The average Bonchev–Trinajstić information content (AvgIpc) is 2.99. The number of fused-ring (bicyclic) bond motifs is 1. The fourth-order valence-electron chi connectivity index (χ4n) is 2.81.